The maximum atomic E-state index is 11.9. The highest BCUT2D eigenvalue weighted by Crippen LogP contribution is 2.11. The van der Waals surface area contributed by atoms with Crippen LogP contribution in [-0.4, -0.2) is 35.4 Å². The topological polar surface area (TPSA) is 123 Å². The molecule has 0 atom stereocenters. The van der Waals surface area contributed by atoms with E-state index in [1.165, 1.54) is 16.8 Å². The zero-order chi connectivity index (χ0) is 14.8. The number of aromatic amines is 1. The lowest BCUT2D eigenvalue weighted by Crippen LogP contribution is -2.27. The summed E-state index contributed by atoms with van der Waals surface area (Å²) in [6.07, 6.45) is 5.15. The zero-order valence-electron chi connectivity index (χ0n) is 10.8. The van der Waals surface area contributed by atoms with E-state index in [1.54, 1.807) is 19.6 Å². The van der Waals surface area contributed by atoms with E-state index in [-0.39, 0.29) is 16.5 Å². The van der Waals surface area contributed by atoms with Gasteiger partial charge in [0.1, 0.15) is 10.6 Å². The minimum Gasteiger partial charge on any atom is -0.350 e. The second-order valence-corrected chi connectivity index (χ2v) is 5.86. The number of nitrogens with one attached hydrogen (secondary N) is 2. The van der Waals surface area contributed by atoms with Crippen LogP contribution >= 0.6 is 0 Å². The summed E-state index contributed by atoms with van der Waals surface area (Å²) in [6, 6.07) is 1.25. The van der Waals surface area contributed by atoms with Crippen molar-refractivity contribution in [3.8, 4) is 0 Å². The van der Waals surface area contributed by atoms with Gasteiger partial charge in [0.15, 0.2) is 0 Å². The van der Waals surface area contributed by atoms with Crippen LogP contribution in [0.4, 0.5) is 0 Å². The fraction of sp³-hybridized carbons (Fsp3) is 0.273. The molecule has 20 heavy (non-hydrogen) atoms. The Balaban J connectivity index is 2.00. The number of primary sulfonamides is 1. The Morgan fingerprint density at radius 2 is 2.30 bits per heavy atom. The summed E-state index contributed by atoms with van der Waals surface area (Å²) in [7, 11) is -2.23. The molecule has 2 rings (SSSR count). The predicted molar refractivity (Wildman–Crippen MR) is 71.4 cm³/mol. The number of rotatable bonds is 5. The van der Waals surface area contributed by atoms with Crippen LogP contribution in [0.5, 0.6) is 0 Å². The number of H-pyrrole nitrogens is 1. The molecule has 2 aromatic rings. The van der Waals surface area contributed by atoms with Gasteiger partial charge >= 0.3 is 0 Å². The summed E-state index contributed by atoms with van der Waals surface area (Å²) in [5.74, 6) is -0.359. The Kier molecular flexibility index (Phi) is 3.91. The molecule has 0 spiro atoms. The van der Waals surface area contributed by atoms with Crippen molar-refractivity contribution in [2.45, 2.75) is 11.3 Å². The quantitative estimate of drug-likeness (QED) is 0.679. The number of hydrogen-bond acceptors (Lipinski definition) is 4. The summed E-state index contributed by atoms with van der Waals surface area (Å²) >= 11 is 0. The Morgan fingerprint density at radius 3 is 2.85 bits per heavy atom. The molecule has 9 heteroatoms. The molecule has 108 valence electrons. The number of aryl methyl sites for hydroxylation is 1. The van der Waals surface area contributed by atoms with Gasteiger partial charge in [0.05, 0.1) is 6.33 Å². The smallest absolute Gasteiger partial charge is 0.267 e. The molecule has 0 aliphatic carbocycles. The molecule has 0 aliphatic heterocycles. The van der Waals surface area contributed by atoms with E-state index in [1.807, 2.05) is 0 Å². The Morgan fingerprint density at radius 1 is 1.55 bits per heavy atom. The molecule has 0 aliphatic rings. The fourth-order valence-electron chi connectivity index (χ4n) is 1.74. The first-order valence-corrected chi connectivity index (χ1v) is 7.37. The number of carbonyl (C=O) groups excluding carboxylic acids is 1. The fourth-order valence-corrected chi connectivity index (χ4v) is 2.32. The molecule has 0 aromatic carbocycles. The molecular weight excluding hydrogens is 282 g/mol. The lowest BCUT2D eigenvalue weighted by Gasteiger charge is -2.04. The molecule has 2 heterocycles. The van der Waals surface area contributed by atoms with Crippen LogP contribution < -0.4 is 10.5 Å². The van der Waals surface area contributed by atoms with Gasteiger partial charge in [-0.2, -0.15) is 0 Å². The van der Waals surface area contributed by atoms with E-state index >= 15 is 0 Å². The number of imidazole rings is 1. The van der Waals surface area contributed by atoms with Gasteiger partial charge in [0.25, 0.3) is 5.91 Å². The van der Waals surface area contributed by atoms with Crippen molar-refractivity contribution >= 4 is 15.9 Å². The number of carbonyl (C=O) groups is 1. The van der Waals surface area contributed by atoms with Gasteiger partial charge in [0, 0.05) is 38.1 Å². The third-order valence-corrected chi connectivity index (χ3v) is 3.66. The minimum atomic E-state index is -3.81. The molecule has 4 N–H and O–H groups in total. The number of nitrogens with two attached hydrogens (primary N) is 1. The molecule has 0 radical (unpaired) electrons. The van der Waals surface area contributed by atoms with Gasteiger partial charge in [0.2, 0.25) is 10.0 Å². The summed E-state index contributed by atoms with van der Waals surface area (Å²) in [5, 5.41) is 7.72. The lowest BCUT2D eigenvalue weighted by atomic mass is 10.3. The number of nitrogens with zero attached hydrogens (tertiary/aromatic N) is 2. The largest absolute Gasteiger partial charge is 0.350 e. The molecule has 0 unspecified atom stereocenters. The molecule has 0 fully saturated rings. The summed E-state index contributed by atoms with van der Waals surface area (Å²) in [6.45, 7) is 0.414. The van der Waals surface area contributed by atoms with E-state index in [0.29, 0.717) is 13.0 Å². The highest BCUT2D eigenvalue weighted by atomic mass is 32.2. The molecule has 0 saturated carbocycles. The van der Waals surface area contributed by atoms with Crippen molar-refractivity contribution in [3.05, 3.63) is 36.2 Å². The summed E-state index contributed by atoms with van der Waals surface area (Å²) < 4.78 is 23.8. The average molecular weight is 297 g/mol. The molecule has 0 saturated heterocycles. The molecular formula is C11H15N5O3S. The third kappa shape index (κ3) is 3.25. The SMILES string of the molecule is Cn1cc(S(N)(=O)=O)cc1C(=O)NCCc1cnc[nH]1. The number of sulfonamides is 1. The zero-order valence-corrected chi connectivity index (χ0v) is 11.6. The van der Waals surface area contributed by atoms with E-state index < -0.39 is 10.0 Å². The first kappa shape index (κ1) is 14.3. The number of hydrogen-bond donors (Lipinski definition) is 3. The van der Waals surface area contributed by atoms with Crippen LogP contribution in [0.25, 0.3) is 0 Å². The van der Waals surface area contributed by atoms with E-state index in [0.717, 1.165) is 5.69 Å². The molecule has 2 aromatic heterocycles. The van der Waals surface area contributed by atoms with Gasteiger partial charge in [-0.1, -0.05) is 0 Å². The van der Waals surface area contributed by atoms with Crippen molar-refractivity contribution < 1.29 is 13.2 Å². The van der Waals surface area contributed by atoms with E-state index in [4.69, 9.17) is 5.14 Å². The second kappa shape index (κ2) is 5.47. The van der Waals surface area contributed by atoms with Gasteiger partial charge in [-0.3, -0.25) is 4.79 Å². The average Bonchev–Trinajstić information content (AvgIpc) is 2.97. The Hall–Kier alpha value is -2.13. The van der Waals surface area contributed by atoms with Crippen LogP contribution in [0.2, 0.25) is 0 Å². The second-order valence-electron chi connectivity index (χ2n) is 4.30. The van der Waals surface area contributed by atoms with Crippen LogP contribution in [0.1, 0.15) is 16.2 Å². The van der Waals surface area contributed by atoms with Crippen molar-refractivity contribution in [2.24, 2.45) is 12.2 Å². The molecule has 8 nitrogen and oxygen atoms in total. The van der Waals surface area contributed by atoms with Crippen LogP contribution in [0.3, 0.4) is 0 Å². The first-order valence-electron chi connectivity index (χ1n) is 5.82. The van der Waals surface area contributed by atoms with Crippen LogP contribution in [0.15, 0.2) is 29.7 Å². The number of aromatic nitrogens is 3. The summed E-state index contributed by atoms with van der Waals surface area (Å²) in [4.78, 5) is 18.6. The van der Waals surface area contributed by atoms with E-state index in [9.17, 15) is 13.2 Å². The minimum absolute atomic E-state index is 0.0845. The Bertz CT molecular complexity index is 703. The van der Waals surface area contributed by atoms with Crippen LogP contribution in [-0.2, 0) is 23.5 Å². The van der Waals surface area contributed by atoms with Gasteiger partial charge in [-0.25, -0.2) is 18.5 Å². The van der Waals surface area contributed by atoms with Crippen molar-refractivity contribution in [1.29, 1.82) is 0 Å². The Labute approximate surface area is 116 Å². The van der Waals surface area contributed by atoms with Crippen molar-refractivity contribution in [2.75, 3.05) is 6.54 Å². The van der Waals surface area contributed by atoms with E-state index in [2.05, 4.69) is 15.3 Å². The lowest BCUT2D eigenvalue weighted by molar-refractivity contribution is 0.0946. The highest BCUT2D eigenvalue weighted by molar-refractivity contribution is 7.89. The van der Waals surface area contributed by atoms with Gasteiger partial charge in [-0.05, 0) is 6.07 Å². The summed E-state index contributed by atoms with van der Waals surface area (Å²) in [5.41, 5.74) is 1.14. The van der Waals surface area contributed by atoms with Crippen LogP contribution in [0, 0.1) is 0 Å². The number of amides is 1. The predicted octanol–water partition coefficient (Wildman–Crippen LogP) is -0.632. The standard InChI is InChI=1S/C11H15N5O3S/c1-16-6-9(20(12,18)19)4-10(16)11(17)14-3-2-8-5-13-7-15-8/h4-7H,2-3H2,1H3,(H,13,15)(H,14,17)(H2,12,18,19). The third-order valence-electron chi connectivity index (χ3n) is 2.78. The normalized spacial score (nSPS) is 11.5. The maximum Gasteiger partial charge on any atom is 0.267 e. The van der Waals surface area contributed by atoms with Crippen molar-refractivity contribution in [3.63, 3.8) is 0 Å². The highest BCUT2D eigenvalue weighted by Gasteiger charge is 2.17. The van der Waals surface area contributed by atoms with Crippen molar-refractivity contribution in [1.82, 2.24) is 19.9 Å². The monoisotopic (exact) mass is 297 g/mol. The van der Waals surface area contributed by atoms with Gasteiger partial charge < -0.3 is 14.9 Å². The molecule has 1 amide bonds. The molecule has 0 bridgehead atoms. The maximum absolute atomic E-state index is 11.9. The van der Waals surface area contributed by atoms with Gasteiger partial charge in [-0.15, -0.1) is 0 Å². The first-order chi connectivity index (χ1) is 9.38.